The van der Waals surface area contributed by atoms with Crippen molar-refractivity contribution in [2.24, 2.45) is 0 Å². The number of benzene rings is 1. The van der Waals surface area contributed by atoms with Crippen molar-refractivity contribution in [1.82, 2.24) is 5.32 Å². The van der Waals surface area contributed by atoms with Crippen molar-refractivity contribution in [3.63, 3.8) is 0 Å². The summed E-state index contributed by atoms with van der Waals surface area (Å²) >= 11 is 0. The zero-order valence-corrected chi connectivity index (χ0v) is 12.0. The van der Waals surface area contributed by atoms with E-state index < -0.39 is 29.6 Å². The van der Waals surface area contributed by atoms with Gasteiger partial charge in [0.05, 0.1) is 5.56 Å². The van der Waals surface area contributed by atoms with Crippen molar-refractivity contribution in [2.75, 3.05) is 13.1 Å². The highest BCUT2D eigenvalue weighted by Crippen LogP contribution is 2.33. The van der Waals surface area contributed by atoms with Gasteiger partial charge in [0.1, 0.15) is 0 Å². The highest BCUT2D eigenvalue weighted by atomic mass is 35.5. The van der Waals surface area contributed by atoms with Crippen LogP contribution in [-0.4, -0.2) is 24.5 Å². The van der Waals surface area contributed by atoms with E-state index in [1.54, 1.807) is 0 Å². The fraction of sp³-hybridized carbons (Fsp3) is 0.500. The minimum Gasteiger partial charge on any atom is -0.316 e. The molecule has 0 saturated carbocycles. The minimum atomic E-state index is -4.53. The van der Waals surface area contributed by atoms with Crippen LogP contribution in [-0.2, 0) is 17.4 Å². The van der Waals surface area contributed by atoms with Gasteiger partial charge in [0, 0.05) is 19.3 Å². The molecule has 118 valence electrons. The van der Waals surface area contributed by atoms with Gasteiger partial charge in [0.15, 0.2) is 11.5 Å². The summed E-state index contributed by atoms with van der Waals surface area (Å²) in [6.45, 7) is 0.728. The molecule has 21 heavy (non-hydrogen) atoms. The topological polar surface area (TPSA) is 29.1 Å². The van der Waals surface area contributed by atoms with Crippen molar-refractivity contribution in [1.29, 1.82) is 0 Å². The number of halogens is 5. The van der Waals surface area contributed by atoms with Crippen molar-refractivity contribution < 1.29 is 22.4 Å². The Bertz CT molecular complexity index is 498. The summed E-state index contributed by atoms with van der Waals surface area (Å²) in [5, 5.41) is 2.92. The van der Waals surface area contributed by atoms with Gasteiger partial charge in [-0.2, -0.15) is 13.2 Å². The number of Topliss-reactive ketones (excluding diaryl/α,β-unsaturated/α-hetero) is 1. The molecule has 1 saturated heterocycles. The van der Waals surface area contributed by atoms with Crippen molar-refractivity contribution in [2.45, 2.75) is 31.1 Å². The van der Waals surface area contributed by atoms with Crippen molar-refractivity contribution in [3.05, 3.63) is 35.4 Å². The van der Waals surface area contributed by atoms with Gasteiger partial charge in [-0.15, -0.1) is 12.4 Å². The second-order valence-corrected chi connectivity index (χ2v) is 4.97. The summed E-state index contributed by atoms with van der Waals surface area (Å²) < 4.78 is 52.9. The first-order valence-corrected chi connectivity index (χ1v) is 6.41. The number of alkyl halides is 4. The summed E-state index contributed by atoms with van der Waals surface area (Å²) in [5.41, 5.74) is -3.05. The predicted octanol–water partition coefficient (Wildman–Crippen LogP) is 3.33. The number of carbonyl (C=O) groups excluding carboxylic acids is 1. The maximum absolute atomic E-state index is 14.4. The number of rotatable bonds is 3. The molecule has 0 radical (unpaired) electrons. The van der Waals surface area contributed by atoms with Gasteiger partial charge in [-0.25, -0.2) is 4.39 Å². The van der Waals surface area contributed by atoms with Crippen LogP contribution < -0.4 is 5.32 Å². The molecule has 0 aromatic heterocycles. The van der Waals surface area contributed by atoms with E-state index >= 15 is 0 Å². The van der Waals surface area contributed by atoms with E-state index in [1.165, 1.54) is 18.2 Å². The Balaban J connectivity index is 0.00000220. The van der Waals surface area contributed by atoms with Gasteiger partial charge in [-0.3, -0.25) is 4.79 Å². The molecule has 1 aromatic carbocycles. The molecule has 2 nitrogen and oxygen atoms in total. The maximum Gasteiger partial charge on any atom is 0.416 e. The molecule has 0 unspecified atom stereocenters. The Morgan fingerprint density at radius 2 is 1.76 bits per heavy atom. The first kappa shape index (κ1) is 17.9. The number of nitrogens with one attached hydrogen (secondary N) is 1. The zero-order chi connectivity index (χ0) is 14.8. The second kappa shape index (κ2) is 6.75. The average Bonchev–Trinajstić information content (AvgIpc) is 2.39. The molecule has 0 bridgehead atoms. The van der Waals surface area contributed by atoms with E-state index in [-0.39, 0.29) is 30.8 Å². The van der Waals surface area contributed by atoms with Crippen LogP contribution in [0, 0.1) is 0 Å². The molecule has 0 atom stereocenters. The SMILES string of the molecule is Cl.O=C(Cc1ccccc1C(F)(F)F)C1(F)CCNCC1. The molecule has 1 aromatic rings. The van der Waals surface area contributed by atoms with E-state index in [0.29, 0.717) is 13.1 Å². The average molecular weight is 326 g/mol. The zero-order valence-electron chi connectivity index (χ0n) is 11.2. The monoisotopic (exact) mass is 325 g/mol. The summed E-state index contributed by atoms with van der Waals surface area (Å²) in [4.78, 5) is 12.0. The fourth-order valence-electron chi connectivity index (χ4n) is 2.38. The summed E-state index contributed by atoms with van der Waals surface area (Å²) in [6, 6.07) is 4.82. The lowest BCUT2D eigenvalue weighted by Gasteiger charge is -2.29. The van der Waals surface area contributed by atoms with E-state index in [2.05, 4.69) is 5.32 Å². The van der Waals surface area contributed by atoms with Crippen LogP contribution in [0.2, 0.25) is 0 Å². The molecule has 1 N–H and O–H groups in total. The van der Waals surface area contributed by atoms with Crippen LogP contribution in [0.1, 0.15) is 24.0 Å². The number of hydrogen-bond acceptors (Lipinski definition) is 2. The number of ketones is 1. The third-order valence-corrected chi connectivity index (χ3v) is 3.57. The van der Waals surface area contributed by atoms with Gasteiger partial charge in [-0.1, -0.05) is 18.2 Å². The van der Waals surface area contributed by atoms with Gasteiger partial charge in [0.25, 0.3) is 0 Å². The van der Waals surface area contributed by atoms with Gasteiger partial charge >= 0.3 is 6.18 Å². The molecule has 0 spiro atoms. The maximum atomic E-state index is 14.4. The smallest absolute Gasteiger partial charge is 0.316 e. The normalized spacial score (nSPS) is 17.9. The molecule has 1 aliphatic rings. The van der Waals surface area contributed by atoms with Crippen LogP contribution in [0.4, 0.5) is 17.6 Å². The van der Waals surface area contributed by atoms with E-state index in [0.717, 1.165) is 6.07 Å². The molecular formula is C14H16ClF4NO. The molecule has 2 rings (SSSR count). The highest BCUT2D eigenvalue weighted by Gasteiger charge is 2.40. The number of carbonyl (C=O) groups is 1. The summed E-state index contributed by atoms with van der Waals surface area (Å²) in [5.74, 6) is -0.768. The molecule has 0 amide bonds. The lowest BCUT2D eigenvalue weighted by molar-refractivity contribution is -0.138. The molecule has 7 heteroatoms. The first-order valence-electron chi connectivity index (χ1n) is 6.41. The quantitative estimate of drug-likeness (QED) is 0.864. The van der Waals surface area contributed by atoms with E-state index in [9.17, 15) is 22.4 Å². The standard InChI is InChI=1S/C14H15F4NO.ClH/c15-13(5-7-19-8-6-13)12(20)9-10-3-1-2-4-11(10)14(16,17)18;/h1-4,19H,5-9H2;1H. The minimum absolute atomic E-state index is 0. The van der Waals surface area contributed by atoms with Crippen molar-refractivity contribution in [3.8, 4) is 0 Å². The van der Waals surface area contributed by atoms with Gasteiger partial charge in [0.2, 0.25) is 0 Å². The Kier molecular flexibility index (Phi) is 5.75. The molecule has 0 aliphatic carbocycles. The van der Waals surface area contributed by atoms with Gasteiger partial charge < -0.3 is 5.32 Å². The third-order valence-electron chi connectivity index (χ3n) is 3.57. The van der Waals surface area contributed by atoms with Crippen LogP contribution >= 0.6 is 12.4 Å². The molecule has 1 fully saturated rings. The summed E-state index contributed by atoms with van der Waals surface area (Å²) in [6.07, 6.45) is -5.03. The summed E-state index contributed by atoms with van der Waals surface area (Å²) in [7, 11) is 0. The van der Waals surface area contributed by atoms with Crippen LogP contribution in [0.15, 0.2) is 24.3 Å². The van der Waals surface area contributed by atoms with Crippen LogP contribution in [0.3, 0.4) is 0 Å². The molecule has 1 heterocycles. The Morgan fingerprint density at radius 3 is 2.33 bits per heavy atom. The predicted molar refractivity (Wildman–Crippen MR) is 73.3 cm³/mol. The fourth-order valence-corrected chi connectivity index (χ4v) is 2.38. The first-order chi connectivity index (χ1) is 9.33. The largest absolute Gasteiger partial charge is 0.416 e. The third kappa shape index (κ3) is 4.17. The highest BCUT2D eigenvalue weighted by molar-refractivity contribution is 5.89. The number of piperidine rings is 1. The Morgan fingerprint density at radius 1 is 1.19 bits per heavy atom. The number of hydrogen-bond donors (Lipinski definition) is 1. The molecular weight excluding hydrogens is 310 g/mol. The van der Waals surface area contributed by atoms with Crippen LogP contribution in [0.5, 0.6) is 0 Å². The lowest BCUT2D eigenvalue weighted by Crippen LogP contribution is -2.45. The lowest BCUT2D eigenvalue weighted by atomic mass is 9.86. The Labute approximate surface area is 126 Å². The second-order valence-electron chi connectivity index (χ2n) is 4.97. The van der Waals surface area contributed by atoms with E-state index in [4.69, 9.17) is 0 Å². The van der Waals surface area contributed by atoms with Gasteiger partial charge in [-0.05, 0) is 24.7 Å². The Hall–Kier alpha value is -1.14. The van der Waals surface area contributed by atoms with Crippen molar-refractivity contribution >= 4 is 18.2 Å². The molecule has 1 aliphatic heterocycles. The van der Waals surface area contributed by atoms with Crippen LogP contribution in [0.25, 0.3) is 0 Å². The van der Waals surface area contributed by atoms with E-state index in [1.807, 2.05) is 0 Å².